The Bertz CT molecular complexity index is 946. The number of carbonyl (C=O) groups excluding carboxylic acids is 3. The topological polar surface area (TPSA) is 69.7 Å². The molecule has 156 valence electrons. The standard InChI is InChI=1S/C24H27N3O3/c1-17-10-13-26(14-11-17)20-8-6-19(7-9-20)25-22(28)12-15-27-23(29)16-18-4-2-3-5-21(18)24(27)30/h2-9,17H,10-16H2,1H3,(H,25,28). The third-order valence-electron chi connectivity index (χ3n) is 6.00. The van der Waals surface area contributed by atoms with Crippen LogP contribution < -0.4 is 10.2 Å². The Balaban J connectivity index is 1.31. The van der Waals surface area contributed by atoms with Crippen molar-refractivity contribution in [2.75, 3.05) is 29.9 Å². The summed E-state index contributed by atoms with van der Waals surface area (Å²) in [4.78, 5) is 40.8. The molecule has 0 aromatic heterocycles. The number of anilines is 2. The van der Waals surface area contributed by atoms with Crippen LogP contribution in [0.25, 0.3) is 0 Å². The molecule has 6 nitrogen and oxygen atoms in total. The van der Waals surface area contributed by atoms with E-state index < -0.39 is 0 Å². The lowest BCUT2D eigenvalue weighted by atomic mass is 9.98. The van der Waals surface area contributed by atoms with Crippen molar-refractivity contribution in [1.29, 1.82) is 0 Å². The quantitative estimate of drug-likeness (QED) is 0.774. The van der Waals surface area contributed by atoms with Gasteiger partial charge in [-0.15, -0.1) is 0 Å². The lowest BCUT2D eigenvalue weighted by Gasteiger charge is -2.32. The fourth-order valence-electron chi connectivity index (χ4n) is 4.09. The van der Waals surface area contributed by atoms with Gasteiger partial charge in [-0.1, -0.05) is 25.1 Å². The van der Waals surface area contributed by atoms with Crippen LogP contribution in [-0.4, -0.2) is 42.3 Å². The second-order valence-electron chi connectivity index (χ2n) is 8.20. The normalized spacial score (nSPS) is 17.1. The summed E-state index contributed by atoms with van der Waals surface area (Å²) < 4.78 is 0. The molecule has 0 radical (unpaired) electrons. The predicted molar refractivity (Wildman–Crippen MR) is 116 cm³/mol. The van der Waals surface area contributed by atoms with Crippen LogP contribution in [0.15, 0.2) is 48.5 Å². The number of imide groups is 1. The summed E-state index contributed by atoms with van der Waals surface area (Å²) in [6, 6.07) is 15.0. The third kappa shape index (κ3) is 4.37. The highest BCUT2D eigenvalue weighted by molar-refractivity contribution is 6.10. The number of carbonyl (C=O) groups is 3. The summed E-state index contributed by atoms with van der Waals surface area (Å²) in [5.41, 5.74) is 3.18. The molecule has 0 bridgehead atoms. The first kappa shape index (κ1) is 20.1. The van der Waals surface area contributed by atoms with Crippen LogP contribution >= 0.6 is 0 Å². The summed E-state index contributed by atoms with van der Waals surface area (Å²) in [7, 11) is 0. The van der Waals surface area contributed by atoms with E-state index in [1.54, 1.807) is 18.2 Å². The molecule has 1 saturated heterocycles. The Morgan fingerprint density at radius 1 is 1.03 bits per heavy atom. The fraction of sp³-hybridized carbons (Fsp3) is 0.375. The molecular formula is C24H27N3O3. The SMILES string of the molecule is CC1CCN(c2ccc(NC(=O)CCN3C(=O)Cc4ccccc4C3=O)cc2)CC1. The Morgan fingerprint density at radius 2 is 1.73 bits per heavy atom. The highest BCUT2D eigenvalue weighted by Crippen LogP contribution is 2.24. The van der Waals surface area contributed by atoms with E-state index in [2.05, 4.69) is 17.1 Å². The van der Waals surface area contributed by atoms with Crippen molar-refractivity contribution < 1.29 is 14.4 Å². The van der Waals surface area contributed by atoms with Gasteiger partial charge in [-0.3, -0.25) is 19.3 Å². The van der Waals surface area contributed by atoms with Crippen molar-refractivity contribution in [2.24, 2.45) is 5.92 Å². The summed E-state index contributed by atoms with van der Waals surface area (Å²) in [6.07, 6.45) is 2.68. The molecule has 0 spiro atoms. The number of fused-ring (bicyclic) bond motifs is 1. The maximum atomic E-state index is 12.6. The van der Waals surface area contributed by atoms with E-state index in [9.17, 15) is 14.4 Å². The van der Waals surface area contributed by atoms with E-state index in [1.807, 2.05) is 30.3 Å². The molecule has 1 N–H and O–H groups in total. The van der Waals surface area contributed by atoms with E-state index >= 15 is 0 Å². The number of piperidine rings is 1. The van der Waals surface area contributed by atoms with Crippen LogP contribution in [0, 0.1) is 5.92 Å². The van der Waals surface area contributed by atoms with Gasteiger partial charge in [-0.05, 0) is 54.7 Å². The molecule has 2 aromatic rings. The van der Waals surface area contributed by atoms with Crippen molar-refractivity contribution in [2.45, 2.75) is 32.6 Å². The minimum absolute atomic E-state index is 0.0748. The van der Waals surface area contributed by atoms with E-state index in [1.165, 1.54) is 23.4 Å². The monoisotopic (exact) mass is 405 g/mol. The minimum atomic E-state index is -0.324. The summed E-state index contributed by atoms with van der Waals surface area (Å²) in [6.45, 7) is 4.50. The van der Waals surface area contributed by atoms with Crippen LogP contribution in [0.1, 0.15) is 42.1 Å². The number of hydrogen-bond acceptors (Lipinski definition) is 4. The van der Waals surface area contributed by atoms with Gasteiger partial charge in [-0.2, -0.15) is 0 Å². The molecule has 4 rings (SSSR count). The van der Waals surface area contributed by atoms with Crippen LogP contribution in [0.4, 0.5) is 11.4 Å². The average Bonchev–Trinajstić information content (AvgIpc) is 2.75. The Kier molecular flexibility index (Phi) is 5.84. The Labute approximate surface area is 176 Å². The number of amides is 3. The maximum absolute atomic E-state index is 12.6. The Morgan fingerprint density at radius 3 is 2.47 bits per heavy atom. The minimum Gasteiger partial charge on any atom is -0.372 e. The van der Waals surface area contributed by atoms with Crippen molar-refractivity contribution in [3.05, 3.63) is 59.7 Å². The summed E-state index contributed by atoms with van der Waals surface area (Å²) in [5, 5.41) is 2.86. The van der Waals surface area contributed by atoms with Gasteiger partial charge in [0.2, 0.25) is 11.8 Å². The molecule has 2 aliphatic rings. The predicted octanol–water partition coefficient (Wildman–Crippen LogP) is 3.48. The van der Waals surface area contributed by atoms with Crippen LogP contribution in [0.3, 0.4) is 0 Å². The average molecular weight is 405 g/mol. The molecule has 0 unspecified atom stereocenters. The van der Waals surface area contributed by atoms with E-state index in [0.29, 0.717) is 5.56 Å². The van der Waals surface area contributed by atoms with E-state index in [0.717, 1.165) is 30.3 Å². The molecule has 6 heteroatoms. The van der Waals surface area contributed by atoms with Gasteiger partial charge in [0.05, 0.1) is 6.42 Å². The first-order chi connectivity index (χ1) is 14.5. The van der Waals surface area contributed by atoms with Gasteiger partial charge in [0.15, 0.2) is 0 Å². The molecule has 2 heterocycles. The van der Waals surface area contributed by atoms with Crippen LogP contribution in [0.5, 0.6) is 0 Å². The summed E-state index contributed by atoms with van der Waals surface area (Å²) in [5.74, 6) is -0.0116. The number of nitrogens with zero attached hydrogens (tertiary/aromatic N) is 2. The highest BCUT2D eigenvalue weighted by Gasteiger charge is 2.30. The molecule has 0 aliphatic carbocycles. The molecular weight excluding hydrogens is 378 g/mol. The number of rotatable bonds is 5. The molecule has 0 saturated carbocycles. The molecule has 1 fully saturated rings. The first-order valence-corrected chi connectivity index (χ1v) is 10.6. The largest absolute Gasteiger partial charge is 0.372 e. The second-order valence-corrected chi connectivity index (χ2v) is 8.20. The lowest BCUT2D eigenvalue weighted by Crippen LogP contribution is -2.43. The maximum Gasteiger partial charge on any atom is 0.260 e. The number of benzene rings is 2. The smallest absolute Gasteiger partial charge is 0.260 e. The van der Waals surface area contributed by atoms with Gasteiger partial charge >= 0.3 is 0 Å². The van der Waals surface area contributed by atoms with E-state index in [-0.39, 0.29) is 37.1 Å². The van der Waals surface area contributed by atoms with Gasteiger partial charge in [0.1, 0.15) is 0 Å². The van der Waals surface area contributed by atoms with Crippen molar-refractivity contribution >= 4 is 29.1 Å². The molecule has 30 heavy (non-hydrogen) atoms. The zero-order valence-electron chi connectivity index (χ0n) is 17.3. The van der Waals surface area contributed by atoms with E-state index in [4.69, 9.17) is 0 Å². The molecule has 2 aromatic carbocycles. The third-order valence-corrected chi connectivity index (χ3v) is 6.00. The number of hydrogen-bond donors (Lipinski definition) is 1. The van der Waals surface area contributed by atoms with Crippen molar-refractivity contribution in [3.8, 4) is 0 Å². The van der Waals surface area contributed by atoms with Gasteiger partial charge in [-0.25, -0.2) is 0 Å². The first-order valence-electron chi connectivity index (χ1n) is 10.6. The Hall–Kier alpha value is -3.15. The summed E-state index contributed by atoms with van der Waals surface area (Å²) >= 11 is 0. The second kappa shape index (κ2) is 8.69. The molecule has 2 aliphatic heterocycles. The molecule has 0 atom stereocenters. The van der Waals surface area contributed by atoms with Gasteiger partial charge in [0, 0.05) is 43.0 Å². The molecule has 3 amide bonds. The van der Waals surface area contributed by atoms with Gasteiger partial charge < -0.3 is 10.2 Å². The van der Waals surface area contributed by atoms with Crippen molar-refractivity contribution in [3.63, 3.8) is 0 Å². The van der Waals surface area contributed by atoms with Crippen LogP contribution in [-0.2, 0) is 16.0 Å². The zero-order chi connectivity index (χ0) is 21.1. The van der Waals surface area contributed by atoms with Gasteiger partial charge in [0.25, 0.3) is 5.91 Å². The number of nitrogens with one attached hydrogen (secondary N) is 1. The lowest BCUT2D eigenvalue weighted by molar-refractivity contribution is -0.128. The van der Waals surface area contributed by atoms with Crippen LogP contribution in [0.2, 0.25) is 0 Å². The fourth-order valence-corrected chi connectivity index (χ4v) is 4.09. The van der Waals surface area contributed by atoms with Crippen molar-refractivity contribution in [1.82, 2.24) is 4.90 Å². The highest BCUT2D eigenvalue weighted by atomic mass is 16.2. The zero-order valence-corrected chi connectivity index (χ0v) is 17.3.